The van der Waals surface area contributed by atoms with Gasteiger partial charge in [-0.2, -0.15) is 0 Å². The van der Waals surface area contributed by atoms with Crippen LogP contribution in [0.3, 0.4) is 0 Å². The van der Waals surface area contributed by atoms with Crippen LogP contribution < -0.4 is 4.90 Å². The molecule has 0 N–H and O–H groups in total. The van der Waals surface area contributed by atoms with Crippen LogP contribution in [0.25, 0.3) is 10.2 Å². The first-order valence-corrected chi connectivity index (χ1v) is 8.01. The zero-order valence-electron chi connectivity index (χ0n) is 12.1. The van der Waals surface area contributed by atoms with Crippen molar-refractivity contribution in [3.05, 3.63) is 71.8 Å². The predicted octanol–water partition coefficient (Wildman–Crippen LogP) is 4.33. The first-order valence-electron chi connectivity index (χ1n) is 7.20. The molecule has 1 atom stereocenters. The van der Waals surface area contributed by atoms with Crippen molar-refractivity contribution in [1.29, 1.82) is 0 Å². The van der Waals surface area contributed by atoms with E-state index in [4.69, 9.17) is 0 Å². The fourth-order valence-electron chi connectivity index (χ4n) is 2.85. The Balaban J connectivity index is 1.81. The number of aromatic nitrogens is 1. The highest BCUT2D eigenvalue weighted by molar-refractivity contribution is 7.22. The number of thiazole rings is 1. The first-order chi connectivity index (χ1) is 10.8. The molecule has 0 spiro atoms. The molecule has 1 aromatic heterocycles. The van der Waals surface area contributed by atoms with Crippen LogP contribution in [0, 0.1) is 0 Å². The second kappa shape index (κ2) is 5.07. The Morgan fingerprint density at radius 3 is 2.55 bits per heavy atom. The smallest absolute Gasteiger partial charge is 0.258 e. The van der Waals surface area contributed by atoms with E-state index < -0.39 is 0 Å². The van der Waals surface area contributed by atoms with Gasteiger partial charge < -0.3 is 0 Å². The number of fused-ring (bicyclic) bond motifs is 1. The Labute approximate surface area is 132 Å². The van der Waals surface area contributed by atoms with E-state index in [-0.39, 0.29) is 11.9 Å². The lowest BCUT2D eigenvalue weighted by molar-refractivity contribution is -0.119. The van der Waals surface area contributed by atoms with Crippen LogP contribution >= 0.6 is 11.3 Å². The van der Waals surface area contributed by atoms with E-state index >= 15 is 0 Å². The van der Waals surface area contributed by atoms with Crippen molar-refractivity contribution < 1.29 is 4.79 Å². The number of carbonyl (C=O) groups is 1. The summed E-state index contributed by atoms with van der Waals surface area (Å²) in [6.45, 7) is 1.92. The third-order valence-corrected chi connectivity index (χ3v) is 4.97. The monoisotopic (exact) mass is 306 g/mol. The number of hydrogen-bond donors (Lipinski definition) is 0. The summed E-state index contributed by atoms with van der Waals surface area (Å²) in [7, 11) is 0. The van der Waals surface area contributed by atoms with E-state index in [0.29, 0.717) is 0 Å². The molecule has 0 saturated carbocycles. The number of hydrogen-bond acceptors (Lipinski definition) is 3. The number of allylic oxidation sites excluding steroid dienone is 1. The second-order valence-corrected chi connectivity index (χ2v) is 6.21. The highest BCUT2D eigenvalue weighted by Crippen LogP contribution is 2.45. The number of amides is 1. The van der Waals surface area contributed by atoms with Crippen LogP contribution in [0.15, 0.2) is 66.2 Å². The predicted molar refractivity (Wildman–Crippen MR) is 90.0 cm³/mol. The third kappa shape index (κ3) is 1.88. The molecule has 1 fully saturated rings. The van der Waals surface area contributed by atoms with Crippen LogP contribution in [0.1, 0.15) is 18.5 Å². The first kappa shape index (κ1) is 13.2. The highest BCUT2D eigenvalue weighted by Gasteiger charge is 2.44. The van der Waals surface area contributed by atoms with Crippen molar-refractivity contribution in [3.8, 4) is 0 Å². The van der Waals surface area contributed by atoms with Gasteiger partial charge in [0.25, 0.3) is 5.91 Å². The van der Waals surface area contributed by atoms with Gasteiger partial charge >= 0.3 is 0 Å². The minimum Gasteiger partial charge on any atom is -0.272 e. The molecular weight excluding hydrogens is 292 g/mol. The average Bonchev–Trinajstić information content (AvgIpc) is 2.96. The minimum atomic E-state index is -0.0285. The maximum absolute atomic E-state index is 12.5. The van der Waals surface area contributed by atoms with Crippen molar-refractivity contribution in [2.24, 2.45) is 0 Å². The zero-order valence-corrected chi connectivity index (χ0v) is 12.9. The fraction of sp³-hybridized carbons (Fsp3) is 0.111. The Hall–Kier alpha value is -2.46. The SMILES string of the molecule is C/C=C1\C(=O)N(c2nc3ccccc3s2)C1c1ccccc1. The quantitative estimate of drug-likeness (QED) is 0.521. The Kier molecular flexibility index (Phi) is 3.05. The van der Waals surface area contributed by atoms with E-state index in [1.807, 2.05) is 55.5 Å². The standard InChI is InChI=1S/C18H14N2OS/c1-2-13-16(12-8-4-3-5-9-12)20(17(13)21)18-19-14-10-6-7-11-15(14)22-18/h2-11,16H,1H3/b13-2-. The van der Waals surface area contributed by atoms with Crippen molar-refractivity contribution in [2.45, 2.75) is 13.0 Å². The molecule has 1 aliphatic heterocycles. The summed E-state index contributed by atoms with van der Waals surface area (Å²) >= 11 is 1.56. The van der Waals surface area contributed by atoms with Crippen molar-refractivity contribution in [2.75, 3.05) is 4.90 Å². The van der Waals surface area contributed by atoms with Crippen molar-refractivity contribution in [1.82, 2.24) is 4.98 Å². The van der Waals surface area contributed by atoms with Gasteiger partial charge in [-0.05, 0) is 24.6 Å². The largest absolute Gasteiger partial charge is 0.272 e. The average molecular weight is 306 g/mol. The van der Waals surface area contributed by atoms with E-state index in [9.17, 15) is 4.79 Å². The molecule has 0 radical (unpaired) electrons. The molecule has 0 aliphatic carbocycles. The van der Waals surface area contributed by atoms with Crippen molar-refractivity contribution >= 4 is 32.6 Å². The summed E-state index contributed by atoms with van der Waals surface area (Å²) < 4.78 is 1.10. The molecule has 4 rings (SSSR count). The molecular formula is C18H14N2OS. The Morgan fingerprint density at radius 1 is 1.09 bits per heavy atom. The molecule has 3 nitrogen and oxygen atoms in total. The normalized spacial score (nSPS) is 19.7. The number of rotatable bonds is 2. The lowest BCUT2D eigenvalue weighted by Crippen LogP contribution is -2.49. The summed E-state index contributed by atoms with van der Waals surface area (Å²) in [4.78, 5) is 18.9. The molecule has 1 unspecified atom stereocenters. The van der Waals surface area contributed by atoms with Crippen LogP contribution in [0.4, 0.5) is 5.13 Å². The maximum Gasteiger partial charge on any atom is 0.258 e. The molecule has 2 aromatic carbocycles. The van der Waals surface area contributed by atoms with Gasteiger partial charge in [0.15, 0.2) is 5.13 Å². The molecule has 1 saturated heterocycles. The third-order valence-electron chi connectivity index (χ3n) is 3.93. The fourth-order valence-corrected chi connectivity index (χ4v) is 3.84. The summed E-state index contributed by atoms with van der Waals surface area (Å²) in [6.07, 6.45) is 1.91. The molecule has 3 aromatic rings. The number of β-lactam (4-membered cyclic amide) rings is 1. The Morgan fingerprint density at radius 2 is 1.82 bits per heavy atom. The molecule has 22 heavy (non-hydrogen) atoms. The molecule has 108 valence electrons. The van der Waals surface area contributed by atoms with Gasteiger partial charge in [-0.1, -0.05) is 59.9 Å². The number of carbonyl (C=O) groups excluding carboxylic acids is 1. The molecule has 0 bridgehead atoms. The van der Waals surface area contributed by atoms with E-state index in [2.05, 4.69) is 17.1 Å². The second-order valence-electron chi connectivity index (χ2n) is 5.20. The summed E-state index contributed by atoms with van der Waals surface area (Å²) in [5, 5.41) is 0.769. The number of nitrogens with zero attached hydrogens (tertiary/aromatic N) is 2. The lowest BCUT2D eigenvalue weighted by atomic mass is 9.88. The van der Waals surface area contributed by atoms with Crippen LogP contribution in [-0.4, -0.2) is 10.9 Å². The molecule has 1 aliphatic rings. The van der Waals surface area contributed by atoms with Gasteiger partial charge in [-0.15, -0.1) is 0 Å². The number of para-hydroxylation sites is 1. The van der Waals surface area contributed by atoms with Gasteiger partial charge in [0.05, 0.1) is 16.3 Å². The van der Waals surface area contributed by atoms with Gasteiger partial charge in [0, 0.05) is 5.57 Å². The van der Waals surface area contributed by atoms with Crippen molar-refractivity contribution in [3.63, 3.8) is 0 Å². The van der Waals surface area contributed by atoms with Crippen LogP contribution in [-0.2, 0) is 4.79 Å². The molecule has 2 heterocycles. The molecule has 4 heteroatoms. The Bertz CT molecular complexity index is 849. The lowest BCUT2D eigenvalue weighted by Gasteiger charge is -2.41. The van der Waals surface area contributed by atoms with Gasteiger partial charge in [0.2, 0.25) is 0 Å². The minimum absolute atomic E-state index is 0.0285. The van der Waals surface area contributed by atoms with Gasteiger partial charge in [0.1, 0.15) is 0 Å². The van der Waals surface area contributed by atoms with E-state index in [1.54, 1.807) is 16.2 Å². The van der Waals surface area contributed by atoms with Gasteiger partial charge in [-0.3, -0.25) is 9.69 Å². The topological polar surface area (TPSA) is 33.2 Å². The maximum atomic E-state index is 12.5. The summed E-state index contributed by atoms with van der Waals surface area (Å²) in [5.74, 6) is 0.0513. The summed E-state index contributed by atoms with van der Waals surface area (Å²) in [5.41, 5.74) is 2.90. The summed E-state index contributed by atoms with van der Waals surface area (Å²) in [6, 6.07) is 18.1. The number of benzene rings is 2. The highest BCUT2D eigenvalue weighted by atomic mass is 32.1. The zero-order chi connectivity index (χ0) is 15.1. The van der Waals surface area contributed by atoms with Crippen LogP contribution in [0.2, 0.25) is 0 Å². The van der Waals surface area contributed by atoms with Gasteiger partial charge in [-0.25, -0.2) is 4.98 Å². The van der Waals surface area contributed by atoms with E-state index in [1.165, 1.54) is 0 Å². The van der Waals surface area contributed by atoms with E-state index in [0.717, 1.165) is 26.5 Å². The number of anilines is 1. The molecule has 1 amide bonds. The van der Waals surface area contributed by atoms with Crippen LogP contribution in [0.5, 0.6) is 0 Å².